The Balaban J connectivity index is 1.58. The number of rotatable bonds is 3. The van der Waals surface area contributed by atoms with Crippen LogP contribution in [0.25, 0.3) is 0 Å². The van der Waals surface area contributed by atoms with Crippen LogP contribution in [0.15, 0.2) is 24.5 Å². The number of aromatic nitrogens is 3. The third-order valence-electron chi connectivity index (χ3n) is 4.35. The molecule has 0 saturated carbocycles. The quantitative estimate of drug-likeness (QED) is 0.814. The molecule has 4 rings (SSSR count). The lowest BCUT2D eigenvalue weighted by Crippen LogP contribution is -2.27. The number of hydrogen-bond donors (Lipinski definition) is 0. The second-order valence-electron chi connectivity index (χ2n) is 5.75. The average molecular weight is 318 g/mol. The molecule has 2 aliphatic heterocycles. The van der Waals surface area contributed by atoms with Crippen molar-refractivity contribution in [3.05, 3.63) is 34.9 Å². The van der Waals surface area contributed by atoms with Crippen LogP contribution in [0.5, 0.6) is 11.5 Å². The first-order valence-corrected chi connectivity index (χ1v) is 7.85. The van der Waals surface area contributed by atoms with Crippen LogP contribution in [0.1, 0.15) is 24.4 Å². The maximum atomic E-state index is 5.50. The second-order valence-corrected chi connectivity index (χ2v) is 6.11. The first-order valence-electron chi connectivity index (χ1n) is 7.44. The molecule has 1 aromatic carbocycles. The minimum absolute atomic E-state index is 0.316. The number of ether oxygens (including phenoxy) is 2. The summed E-state index contributed by atoms with van der Waals surface area (Å²) in [6, 6.07) is 6.61. The zero-order valence-corrected chi connectivity index (χ0v) is 13.3. The van der Waals surface area contributed by atoms with E-state index in [1.54, 1.807) is 6.33 Å². The number of benzene rings is 1. The molecule has 0 radical (unpaired) electrons. The fourth-order valence-corrected chi connectivity index (χ4v) is 3.34. The molecule has 116 valence electrons. The molecule has 0 N–H and O–H groups in total. The zero-order valence-electron chi connectivity index (χ0n) is 12.4. The van der Waals surface area contributed by atoms with Crippen LogP contribution in [0.4, 0.5) is 0 Å². The molecule has 1 saturated heterocycles. The van der Waals surface area contributed by atoms with E-state index in [-0.39, 0.29) is 0 Å². The molecule has 3 heterocycles. The summed E-state index contributed by atoms with van der Waals surface area (Å²) in [5.74, 6) is 1.68. The molecule has 1 unspecified atom stereocenters. The molecule has 2 aliphatic rings. The Morgan fingerprint density at radius 3 is 3.00 bits per heavy atom. The molecule has 2 aromatic rings. The zero-order chi connectivity index (χ0) is 15.1. The standard InChI is InChI=1S/C15H18N4O2S/c1-17-8-16-19(15(17)22)9-18-6-2-3-12(18)11-4-5-13-14(7-11)21-10-20-13/h4-5,7-8,12H,2-3,6,9-10H2,1H3. The lowest BCUT2D eigenvalue weighted by atomic mass is 10.0. The summed E-state index contributed by atoms with van der Waals surface area (Å²) < 4.78 is 15.4. The van der Waals surface area contributed by atoms with Crippen LogP contribution >= 0.6 is 12.2 Å². The third-order valence-corrected chi connectivity index (χ3v) is 4.85. The molecule has 22 heavy (non-hydrogen) atoms. The molecule has 6 nitrogen and oxygen atoms in total. The summed E-state index contributed by atoms with van der Waals surface area (Å²) in [6.07, 6.45) is 4.08. The Bertz CT molecular complexity index is 754. The Labute approximate surface area is 133 Å². The van der Waals surface area contributed by atoms with E-state index in [9.17, 15) is 0 Å². The molecule has 1 fully saturated rings. The summed E-state index contributed by atoms with van der Waals surface area (Å²) in [6.45, 7) is 2.09. The van der Waals surface area contributed by atoms with Gasteiger partial charge >= 0.3 is 0 Å². The molecule has 0 spiro atoms. The van der Waals surface area contributed by atoms with Gasteiger partial charge in [-0.25, -0.2) is 4.68 Å². The SMILES string of the molecule is Cn1cnn(CN2CCCC2c2ccc3c(c2)OCO3)c1=S. The van der Waals surface area contributed by atoms with E-state index in [0.717, 1.165) is 35.9 Å². The monoisotopic (exact) mass is 318 g/mol. The number of nitrogens with zero attached hydrogens (tertiary/aromatic N) is 4. The predicted octanol–water partition coefficient (Wildman–Crippen LogP) is 2.47. The van der Waals surface area contributed by atoms with Crippen molar-refractivity contribution in [2.75, 3.05) is 13.3 Å². The normalized spacial score (nSPS) is 20.7. The van der Waals surface area contributed by atoms with E-state index >= 15 is 0 Å². The minimum atomic E-state index is 0.316. The average Bonchev–Trinajstić information content (AvgIpc) is 3.23. The van der Waals surface area contributed by atoms with Crippen molar-refractivity contribution in [3.63, 3.8) is 0 Å². The maximum Gasteiger partial charge on any atom is 0.231 e. The minimum Gasteiger partial charge on any atom is -0.454 e. The van der Waals surface area contributed by atoms with Gasteiger partial charge in [0.25, 0.3) is 0 Å². The highest BCUT2D eigenvalue weighted by molar-refractivity contribution is 7.71. The van der Waals surface area contributed by atoms with Crippen LogP contribution in [0, 0.1) is 4.77 Å². The third kappa shape index (κ3) is 2.30. The maximum absolute atomic E-state index is 5.50. The number of aryl methyl sites for hydroxylation is 1. The van der Waals surface area contributed by atoms with Crippen LogP contribution in [0.3, 0.4) is 0 Å². The van der Waals surface area contributed by atoms with Crippen molar-refractivity contribution in [1.29, 1.82) is 0 Å². The molecule has 7 heteroatoms. The van der Waals surface area contributed by atoms with E-state index < -0.39 is 0 Å². The molecule has 1 atom stereocenters. The molecule has 0 amide bonds. The number of fused-ring (bicyclic) bond motifs is 1. The Morgan fingerprint density at radius 1 is 1.32 bits per heavy atom. The summed E-state index contributed by atoms with van der Waals surface area (Å²) in [5.41, 5.74) is 1.27. The predicted molar refractivity (Wildman–Crippen MR) is 83.3 cm³/mol. The largest absolute Gasteiger partial charge is 0.454 e. The highest BCUT2D eigenvalue weighted by atomic mass is 32.1. The van der Waals surface area contributed by atoms with E-state index in [1.165, 1.54) is 12.0 Å². The van der Waals surface area contributed by atoms with Gasteiger partial charge < -0.3 is 14.0 Å². The van der Waals surface area contributed by atoms with Crippen molar-refractivity contribution in [2.45, 2.75) is 25.6 Å². The lowest BCUT2D eigenvalue weighted by molar-refractivity contribution is 0.173. The first-order chi connectivity index (χ1) is 10.7. The topological polar surface area (TPSA) is 44.5 Å². The molecule has 0 aliphatic carbocycles. The van der Waals surface area contributed by atoms with Gasteiger partial charge in [-0.2, -0.15) is 5.10 Å². The van der Waals surface area contributed by atoms with Gasteiger partial charge in [-0.3, -0.25) is 4.90 Å². The van der Waals surface area contributed by atoms with Crippen LogP contribution in [-0.4, -0.2) is 32.6 Å². The van der Waals surface area contributed by atoms with Gasteiger partial charge in [0.2, 0.25) is 6.79 Å². The van der Waals surface area contributed by atoms with Gasteiger partial charge in [-0.15, -0.1) is 0 Å². The second kappa shape index (κ2) is 5.40. The lowest BCUT2D eigenvalue weighted by Gasteiger charge is -2.24. The van der Waals surface area contributed by atoms with E-state index in [4.69, 9.17) is 21.7 Å². The van der Waals surface area contributed by atoms with Crippen LogP contribution in [0.2, 0.25) is 0 Å². The summed E-state index contributed by atoms with van der Waals surface area (Å²) >= 11 is 5.38. The fraction of sp³-hybridized carbons (Fsp3) is 0.467. The highest BCUT2D eigenvalue weighted by Crippen LogP contribution is 2.38. The van der Waals surface area contributed by atoms with Crippen molar-refractivity contribution >= 4 is 12.2 Å². The highest BCUT2D eigenvalue weighted by Gasteiger charge is 2.28. The van der Waals surface area contributed by atoms with Crippen molar-refractivity contribution < 1.29 is 9.47 Å². The Morgan fingerprint density at radius 2 is 2.18 bits per heavy atom. The first kappa shape index (κ1) is 13.8. The van der Waals surface area contributed by atoms with E-state index in [0.29, 0.717) is 12.8 Å². The Hall–Kier alpha value is -1.86. The van der Waals surface area contributed by atoms with Gasteiger partial charge in [0.1, 0.15) is 6.33 Å². The van der Waals surface area contributed by atoms with Crippen molar-refractivity contribution in [2.24, 2.45) is 7.05 Å². The van der Waals surface area contributed by atoms with E-state index in [1.807, 2.05) is 22.4 Å². The van der Waals surface area contributed by atoms with Crippen molar-refractivity contribution in [1.82, 2.24) is 19.2 Å². The smallest absolute Gasteiger partial charge is 0.231 e. The molecular weight excluding hydrogens is 300 g/mol. The van der Waals surface area contributed by atoms with Crippen LogP contribution in [-0.2, 0) is 13.7 Å². The summed E-state index contributed by atoms with van der Waals surface area (Å²) in [5, 5.41) is 4.35. The van der Waals surface area contributed by atoms with Crippen LogP contribution < -0.4 is 9.47 Å². The summed E-state index contributed by atoms with van der Waals surface area (Å²) in [4.78, 5) is 2.42. The van der Waals surface area contributed by atoms with Gasteiger partial charge in [-0.1, -0.05) is 6.07 Å². The van der Waals surface area contributed by atoms with Gasteiger partial charge in [0.15, 0.2) is 16.3 Å². The molecule has 0 bridgehead atoms. The Kier molecular flexibility index (Phi) is 3.38. The van der Waals surface area contributed by atoms with Gasteiger partial charge in [0, 0.05) is 19.6 Å². The fourth-order valence-electron chi connectivity index (χ4n) is 3.18. The molecular formula is C15H18N4O2S. The van der Waals surface area contributed by atoms with E-state index in [2.05, 4.69) is 22.1 Å². The summed E-state index contributed by atoms with van der Waals surface area (Å²) in [7, 11) is 1.92. The number of likely N-dealkylation sites (tertiary alicyclic amines) is 1. The van der Waals surface area contributed by atoms with Crippen molar-refractivity contribution in [3.8, 4) is 11.5 Å². The van der Waals surface area contributed by atoms with Gasteiger partial charge in [0.05, 0.1) is 6.67 Å². The number of hydrogen-bond acceptors (Lipinski definition) is 5. The molecule has 1 aromatic heterocycles. The van der Waals surface area contributed by atoms with Gasteiger partial charge in [-0.05, 0) is 42.8 Å².